The van der Waals surface area contributed by atoms with Crippen LogP contribution < -0.4 is 0 Å². The maximum atomic E-state index is 6.65. The molecule has 2 aliphatic rings. The number of unbranched alkanes of at least 4 members (excludes halogenated alkanes) is 22. The third kappa shape index (κ3) is 24.2. The van der Waals surface area contributed by atoms with Crippen molar-refractivity contribution in [3.05, 3.63) is 24.3 Å². The SMILES string of the molecule is CCCCC/C=C\CCCCCCCCCCC1CCCOC1OC1OCCCC1CCCCCCCCCC/C=C\CCCCC. The lowest BCUT2D eigenvalue weighted by Gasteiger charge is -2.38. The van der Waals surface area contributed by atoms with Crippen LogP contribution in [0.2, 0.25) is 0 Å². The third-order valence-corrected chi connectivity index (χ3v) is 10.7. The Hall–Kier alpha value is -0.640. The summed E-state index contributed by atoms with van der Waals surface area (Å²) in [5, 5.41) is 0. The summed E-state index contributed by atoms with van der Waals surface area (Å²) in [6, 6.07) is 0. The molecule has 2 rings (SSSR count). The number of allylic oxidation sites excluding steroid dienone is 4. The normalized spacial score (nSPS) is 22.2. The second-order valence-electron chi connectivity index (χ2n) is 15.2. The fourth-order valence-electron chi connectivity index (χ4n) is 7.58. The van der Waals surface area contributed by atoms with E-state index in [4.69, 9.17) is 14.2 Å². The second kappa shape index (κ2) is 32.6. The molecular weight excluding hydrogens is 576 g/mol. The van der Waals surface area contributed by atoms with Gasteiger partial charge in [-0.3, -0.25) is 0 Å². The van der Waals surface area contributed by atoms with E-state index in [9.17, 15) is 0 Å². The average molecular weight is 659 g/mol. The van der Waals surface area contributed by atoms with Gasteiger partial charge in [0.25, 0.3) is 0 Å². The van der Waals surface area contributed by atoms with Crippen molar-refractivity contribution in [1.82, 2.24) is 0 Å². The van der Waals surface area contributed by atoms with Crippen LogP contribution in [0.3, 0.4) is 0 Å². The van der Waals surface area contributed by atoms with Gasteiger partial charge >= 0.3 is 0 Å². The highest BCUT2D eigenvalue weighted by Gasteiger charge is 2.34. The number of hydrogen-bond acceptors (Lipinski definition) is 3. The monoisotopic (exact) mass is 659 g/mol. The van der Waals surface area contributed by atoms with Gasteiger partial charge in [0.1, 0.15) is 0 Å². The van der Waals surface area contributed by atoms with E-state index >= 15 is 0 Å². The van der Waals surface area contributed by atoms with Crippen molar-refractivity contribution < 1.29 is 14.2 Å². The van der Waals surface area contributed by atoms with Gasteiger partial charge in [0.05, 0.1) is 0 Å². The Balaban J connectivity index is 1.47. The van der Waals surface area contributed by atoms with Crippen LogP contribution in [-0.2, 0) is 14.2 Å². The zero-order valence-corrected chi connectivity index (χ0v) is 31.9. The van der Waals surface area contributed by atoms with E-state index in [-0.39, 0.29) is 12.6 Å². The summed E-state index contributed by atoms with van der Waals surface area (Å²) in [7, 11) is 0. The lowest BCUT2D eigenvalue weighted by atomic mass is 9.92. The van der Waals surface area contributed by atoms with Crippen LogP contribution in [0.4, 0.5) is 0 Å². The van der Waals surface area contributed by atoms with Gasteiger partial charge in [0.15, 0.2) is 12.6 Å². The van der Waals surface area contributed by atoms with Gasteiger partial charge in [-0.25, -0.2) is 0 Å². The van der Waals surface area contributed by atoms with Crippen LogP contribution in [0, 0.1) is 11.8 Å². The Morgan fingerprint density at radius 2 is 0.745 bits per heavy atom. The molecule has 3 heteroatoms. The molecule has 0 aromatic rings. The molecule has 0 radical (unpaired) electrons. The summed E-state index contributed by atoms with van der Waals surface area (Å²) in [5.74, 6) is 1.10. The van der Waals surface area contributed by atoms with Gasteiger partial charge in [0.2, 0.25) is 0 Å². The largest absolute Gasteiger partial charge is 0.352 e. The van der Waals surface area contributed by atoms with E-state index in [1.807, 2.05) is 0 Å². The van der Waals surface area contributed by atoms with Crippen LogP contribution in [0.5, 0.6) is 0 Å². The smallest absolute Gasteiger partial charge is 0.163 e. The van der Waals surface area contributed by atoms with Crippen molar-refractivity contribution in [1.29, 1.82) is 0 Å². The van der Waals surface area contributed by atoms with Crippen LogP contribution in [0.15, 0.2) is 24.3 Å². The van der Waals surface area contributed by atoms with Gasteiger partial charge < -0.3 is 14.2 Å². The minimum atomic E-state index is -0.0495. The molecule has 276 valence electrons. The minimum Gasteiger partial charge on any atom is -0.352 e. The molecular formula is C44H82O3. The second-order valence-corrected chi connectivity index (χ2v) is 15.2. The van der Waals surface area contributed by atoms with E-state index in [0.717, 1.165) is 13.2 Å². The van der Waals surface area contributed by atoms with Crippen molar-refractivity contribution in [3.8, 4) is 0 Å². The first-order chi connectivity index (χ1) is 23.3. The molecule has 0 amide bonds. The molecule has 0 saturated carbocycles. The molecule has 0 bridgehead atoms. The Labute approximate surface area is 294 Å². The van der Waals surface area contributed by atoms with E-state index in [2.05, 4.69) is 38.2 Å². The molecule has 0 spiro atoms. The molecule has 0 N–H and O–H groups in total. The molecule has 47 heavy (non-hydrogen) atoms. The summed E-state index contributed by atoms with van der Waals surface area (Å²) in [6.07, 6.45) is 52.3. The van der Waals surface area contributed by atoms with Crippen LogP contribution >= 0.6 is 0 Å². The first-order valence-electron chi connectivity index (χ1n) is 21.5. The quantitative estimate of drug-likeness (QED) is 0.0532. The highest BCUT2D eigenvalue weighted by Crippen LogP contribution is 2.33. The Morgan fingerprint density at radius 1 is 0.426 bits per heavy atom. The highest BCUT2D eigenvalue weighted by atomic mass is 16.8. The maximum Gasteiger partial charge on any atom is 0.163 e. The molecule has 4 unspecified atom stereocenters. The molecule has 0 aliphatic carbocycles. The van der Waals surface area contributed by atoms with Crippen molar-refractivity contribution >= 4 is 0 Å². The van der Waals surface area contributed by atoms with E-state index in [0.29, 0.717) is 11.8 Å². The van der Waals surface area contributed by atoms with Crippen molar-refractivity contribution in [2.24, 2.45) is 11.8 Å². The molecule has 0 aromatic heterocycles. The van der Waals surface area contributed by atoms with Gasteiger partial charge in [0, 0.05) is 25.0 Å². The predicted octanol–water partition coefficient (Wildman–Crippen LogP) is 14.6. The standard InChI is InChI=1S/C44H82O3/c1-3-5-7-9-11-13-15-17-19-21-23-25-27-29-31-35-41-37-33-39-45-43(41)47-44-42(38-34-40-46-44)36-32-30-28-26-24-22-20-18-16-14-12-10-8-6-4-2/h11-14,41-44H,3-10,15-40H2,1-2H3/b13-11-,14-12-. The molecule has 4 atom stereocenters. The Morgan fingerprint density at radius 3 is 1.11 bits per heavy atom. The average Bonchev–Trinajstić information content (AvgIpc) is 3.09. The van der Waals surface area contributed by atoms with Gasteiger partial charge in [-0.2, -0.15) is 0 Å². The third-order valence-electron chi connectivity index (χ3n) is 10.7. The summed E-state index contributed by atoms with van der Waals surface area (Å²) in [4.78, 5) is 0. The van der Waals surface area contributed by atoms with Gasteiger partial charge in [-0.05, 0) is 89.9 Å². The summed E-state index contributed by atoms with van der Waals surface area (Å²) in [6.45, 7) is 6.26. The summed E-state index contributed by atoms with van der Waals surface area (Å²) >= 11 is 0. The Bertz CT molecular complexity index is 644. The first kappa shape index (κ1) is 42.5. The fraction of sp³-hybridized carbons (Fsp3) is 0.909. The van der Waals surface area contributed by atoms with Gasteiger partial charge in [-0.15, -0.1) is 0 Å². The summed E-state index contributed by atoms with van der Waals surface area (Å²) < 4.78 is 19.1. The predicted molar refractivity (Wildman–Crippen MR) is 205 cm³/mol. The van der Waals surface area contributed by atoms with Crippen molar-refractivity contribution in [2.45, 2.75) is 232 Å². The van der Waals surface area contributed by atoms with E-state index in [1.165, 1.54) is 205 Å². The minimum absolute atomic E-state index is 0.0495. The highest BCUT2D eigenvalue weighted by molar-refractivity contribution is 4.82. The number of ether oxygens (including phenoxy) is 3. The molecule has 2 heterocycles. The van der Waals surface area contributed by atoms with Crippen LogP contribution in [-0.4, -0.2) is 25.8 Å². The van der Waals surface area contributed by atoms with E-state index < -0.39 is 0 Å². The molecule has 2 fully saturated rings. The zero-order chi connectivity index (χ0) is 33.3. The molecule has 0 aromatic carbocycles. The lowest BCUT2D eigenvalue weighted by Crippen LogP contribution is -2.41. The Kier molecular flexibility index (Phi) is 29.5. The fourth-order valence-corrected chi connectivity index (χ4v) is 7.58. The van der Waals surface area contributed by atoms with Crippen LogP contribution in [0.25, 0.3) is 0 Å². The lowest BCUT2D eigenvalue weighted by molar-refractivity contribution is -0.297. The van der Waals surface area contributed by atoms with Crippen LogP contribution in [0.1, 0.15) is 219 Å². The molecule has 2 saturated heterocycles. The zero-order valence-electron chi connectivity index (χ0n) is 31.9. The van der Waals surface area contributed by atoms with Gasteiger partial charge in [-0.1, -0.05) is 154 Å². The maximum absolute atomic E-state index is 6.65. The number of hydrogen-bond donors (Lipinski definition) is 0. The topological polar surface area (TPSA) is 27.7 Å². The first-order valence-corrected chi connectivity index (χ1v) is 21.5. The van der Waals surface area contributed by atoms with Crippen molar-refractivity contribution in [2.75, 3.05) is 13.2 Å². The molecule has 2 aliphatic heterocycles. The number of rotatable bonds is 32. The summed E-state index contributed by atoms with van der Waals surface area (Å²) in [5.41, 5.74) is 0. The molecule has 3 nitrogen and oxygen atoms in total. The van der Waals surface area contributed by atoms with E-state index in [1.54, 1.807) is 0 Å². The van der Waals surface area contributed by atoms with Crippen molar-refractivity contribution in [3.63, 3.8) is 0 Å².